The van der Waals surface area contributed by atoms with Gasteiger partial charge in [-0.1, -0.05) is 20.3 Å². The predicted octanol–water partition coefficient (Wildman–Crippen LogP) is -2.88. The zero-order valence-corrected chi connectivity index (χ0v) is 19.3. The predicted molar refractivity (Wildman–Crippen MR) is 119 cm³/mol. The van der Waals surface area contributed by atoms with Crippen LogP contribution in [0.2, 0.25) is 0 Å². The van der Waals surface area contributed by atoms with Crippen molar-refractivity contribution in [1.29, 1.82) is 0 Å². The lowest BCUT2D eigenvalue weighted by Gasteiger charge is -2.28. The Kier molecular flexibility index (Phi) is 11.1. The molecule has 0 fully saturated rings. The number of aliphatic hydroxyl groups excluding tert-OH is 1. The van der Waals surface area contributed by atoms with Gasteiger partial charge in [-0.05, 0) is 12.8 Å². The molecular weight excluding hydrogens is 450 g/mol. The van der Waals surface area contributed by atoms with E-state index in [1.165, 1.54) is 19.4 Å². The Hall–Kier alpha value is -3.52. The maximum absolute atomic E-state index is 12.9. The van der Waals surface area contributed by atoms with E-state index in [9.17, 15) is 34.2 Å². The molecule has 0 aliphatic rings. The number of hydrogen-bond acceptors (Lipinski definition) is 8. The Morgan fingerprint density at radius 3 is 2.15 bits per heavy atom. The summed E-state index contributed by atoms with van der Waals surface area (Å²) in [5.41, 5.74) is 11.7. The largest absolute Gasteiger partial charge is 0.480 e. The molecule has 0 bridgehead atoms. The topological polar surface area (TPSA) is 243 Å². The van der Waals surface area contributed by atoms with Gasteiger partial charge in [0.15, 0.2) is 6.04 Å². The number of carbonyl (C=O) groups excluding carboxylic acids is 4. The number of aliphatic carboxylic acids is 1. The minimum Gasteiger partial charge on any atom is -0.480 e. The van der Waals surface area contributed by atoms with Gasteiger partial charge in [0.25, 0.3) is 0 Å². The second kappa shape index (κ2) is 13.3. The second-order valence-electron chi connectivity index (χ2n) is 8.06. The van der Waals surface area contributed by atoms with E-state index in [1.807, 2.05) is 0 Å². The van der Waals surface area contributed by atoms with Gasteiger partial charge < -0.3 is 42.6 Å². The summed E-state index contributed by atoms with van der Waals surface area (Å²) in [6.07, 6.45) is 1.45. The number of carboxylic acids is 1. The fourth-order valence-electron chi connectivity index (χ4n) is 3.00. The number of nitrogens with two attached hydrogens (primary N) is 2. The van der Waals surface area contributed by atoms with Gasteiger partial charge in [0, 0.05) is 18.3 Å². The van der Waals surface area contributed by atoms with Crippen LogP contribution in [0.3, 0.4) is 0 Å². The number of H-pyrrole nitrogens is 1. The van der Waals surface area contributed by atoms with Crippen molar-refractivity contribution in [2.45, 2.75) is 70.3 Å². The molecule has 10 N–H and O–H groups in total. The summed E-state index contributed by atoms with van der Waals surface area (Å²) in [7, 11) is 0. The van der Waals surface area contributed by atoms with Gasteiger partial charge in [-0.3, -0.25) is 19.2 Å². The smallest absolute Gasteiger partial charge is 0.328 e. The number of carboxylic acid groups (broad SMARTS) is 1. The van der Waals surface area contributed by atoms with Crippen molar-refractivity contribution in [2.24, 2.45) is 17.4 Å². The van der Waals surface area contributed by atoms with Gasteiger partial charge in [0.1, 0.15) is 12.1 Å². The van der Waals surface area contributed by atoms with Crippen molar-refractivity contribution >= 4 is 29.6 Å². The number of aromatic nitrogens is 2. The summed E-state index contributed by atoms with van der Waals surface area (Å²) in [4.78, 5) is 67.6. The van der Waals surface area contributed by atoms with Crippen LogP contribution in [0.5, 0.6) is 0 Å². The highest BCUT2D eigenvalue weighted by Crippen LogP contribution is 2.10. The highest BCUT2D eigenvalue weighted by molar-refractivity contribution is 5.96. The number of nitrogens with one attached hydrogen (secondary N) is 4. The standard InChI is InChI=1S/C20H33N7O7/c1-4-9(2)15(19(32)27-16(10(3)28)20(33)34)26-18(31)13(6-14(22)29)25-17(30)12(21)5-11-7-23-8-24-11/h7-10,12-13,15-16,28H,4-6,21H2,1-3H3,(H2,22,29)(H,23,24)(H,25,30)(H,26,31)(H,27,32)(H,33,34). The Bertz CT molecular complexity index is 859. The molecule has 1 heterocycles. The summed E-state index contributed by atoms with van der Waals surface area (Å²) in [5, 5.41) is 25.8. The van der Waals surface area contributed by atoms with Crippen LogP contribution in [0.15, 0.2) is 12.5 Å². The molecule has 14 nitrogen and oxygen atoms in total. The Morgan fingerprint density at radius 2 is 1.68 bits per heavy atom. The molecule has 0 aliphatic heterocycles. The minimum absolute atomic E-state index is 0.0879. The maximum atomic E-state index is 12.9. The molecule has 34 heavy (non-hydrogen) atoms. The molecule has 0 aliphatic carbocycles. The van der Waals surface area contributed by atoms with Gasteiger partial charge >= 0.3 is 5.97 Å². The van der Waals surface area contributed by atoms with Crippen LogP contribution in [0.1, 0.15) is 39.3 Å². The third kappa shape index (κ3) is 8.78. The van der Waals surface area contributed by atoms with E-state index >= 15 is 0 Å². The average Bonchev–Trinajstić information content (AvgIpc) is 3.26. The van der Waals surface area contributed by atoms with Gasteiger partial charge in [0.05, 0.1) is 24.9 Å². The first-order valence-electron chi connectivity index (χ1n) is 10.7. The second-order valence-corrected chi connectivity index (χ2v) is 8.06. The molecule has 0 spiro atoms. The number of nitrogens with zero attached hydrogens (tertiary/aromatic N) is 1. The minimum atomic E-state index is -1.60. The van der Waals surface area contributed by atoms with E-state index in [4.69, 9.17) is 11.5 Å². The number of hydrogen-bond donors (Lipinski definition) is 8. The molecule has 1 rings (SSSR count). The molecule has 1 aromatic rings. The van der Waals surface area contributed by atoms with Crippen LogP contribution >= 0.6 is 0 Å². The molecule has 1 aromatic heterocycles. The van der Waals surface area contributed by atoms with Crippen molar-refractivity contribution in [3.63, 3.8) is 0 Å². The molecular formula is C20H33N7O7. The van der Waals surface area contributed by atoms with Crippen LogP contribution in [0.25, 0.3) is 0 Å². The van der Waals surface area contributed by atoms with Crippen LogP contribution < -0.4 is 27.4 Å². The van der Waals surface area contributed by atoms with Crippen LogP contribution in [-0.4, -0.2) is 80.1 Å². The zero-order valence-electron chi connectivity index (χ0n) is 19.3. The Balaban J connectivity index is 2.98. The molecule has 190 valence electrons. The van der Waals surface area contributed by atoms with Gasteiger partial charge in [0.2, 0.25) is 23.6 Å². The van der Waals surface area contributed by atoms with Crippen LogP contribution in [0.4, 0.5) is 0 Å². The fourth-order valence-corrected chi connectivity index (χ4v) is 3.00. The number of aromatic amines is 1. The third-order valence-electron chi connectivity index (χ3n) is 5.21. The molecule has 6 unspecified atom stereocenters. The first-order valence-corrected chi connectivity index (χ1v) is 10.7. The lowest BCUT2D eigenvalue weighted by atomic mass is 9.97. The molecule has 0 saturated carbocycles. The van der Waals surface area contributed by atoms with E-state index in [0.717, 1.165) is 0 Å². The monoisotopic (exact) mass is 483 g/mol. The number of primary amides is 1. The lowest BCUT2D eigenvalue weighted by Crippen LogP contribution is -2.60. The van der Waals surface area contributed by atoms with E-state index < -0.39 is 72.2 Å². The van der Waals surface area contributed by atoms with Crippen molar-refractivity contribution in [1.82, 2.24) is 25.9 Å². The molecule has 0 radical (unpaired) electrons. The maximum Gasteiger partial charge on any atom is 0.328 e. The normalized spacial score (nSPS) is 16.3. The summed E-state index contributed by atoms with van der Waals surface area (Å²) < 4.78 is 0. The Labute approximate surface area is 196 Å². The molecule has 6 atom stereocenters. The fraction of sp³-hybridized carbons (Fsp3) is 0.600. The summed E-state index contributed by atoms with van der Waals surface area (Å²) in [5.74, 6) is -5.27. The van der Waals surface area contributed by atoms with Gasteiger partial charge in [-0.15, -0.1) is 0 Å². The first kappa shape index (κ1) is 28.5. The van der Waals surface area contributed by atoms with Crippen molar-refractivity contribution in [3.8, 4) is 0 Å². The van der Waals surface area contributed by atoms with Crippen molar-refractivity contribution in [3.05, 3.63) is 18.2 Å². The third-order valence-corrected chi connectivity index (χ3v) is 5.21. The number of amides is 4. The van der Waals surface area contributed by atoms with Crippen molar-refractivity contribution in [2.75, 3.05) is 0 Å². The van der Waals surface area contributed by atoms with Crippen molar-refractivity contribution < 1.29 is 34.2 Å². The molecule has 14 heteroatoms. The average molecular weight is 484 g/mol. The van der Waals surface area contributed by atoms with Crippen LogP contribution in [0, 0.1) is 5.92 Å². The lowest BCUT2D eigenvalue weighted by molar-refractivity contribution is -0.145. The molecule has 0 saturated heterocycles. The van der Waals surface area contributed by atoms with E-state index in [2.05, 4.69) is 25.9 Å². The SMILES string of the molecule is CCC(C)C(NC(=O)C(CC(N)=O)NC(=O)C(N)Cc1cnc[nH]1)C(=O)NC(C(=O)O)C(C)O. The van der Waals surface area contributed by atoms with E-state index in [-0.39, 0.29) is 6.42 Å². The van der Waals surface area contributed by atoms with Gasteiger partial charge in [-0.2, -0.15) is 0 Å². The summed E-state index contributed by atoms with van der Waals surface area (Å²) >= 11 is 0. The van der Waals surface area contributed by atoms with E-state index in [1.54, 1.807) is 13.8 Å². The first-order chi connectivity index (χ1) is 15.9. The number of aliphatic hydroxyl groups is 1. The summed E-state index contributed by atoms with van der Waals surface area (Å²) in [6, 6.07) is -5.31. The molecule has 0 aromatic carbocycles. The Morgan fingerprint density at radius 1 is 1.06 bits per heavy atom. The summed E-state index contributed by atoms with van der Waals surface area (Å²) in [6.45, 7) is 4.59. The van der Waals surface area contributed by atoms with Crippen LogP contribution in [-0.2, 0) is 30.4 Å². The van der Waals surface area contributed by atoms with E-state index in [0.29, 0.717) is 12.1 Å². The number of imidazole rings is 1. The molecule has 4 amide bonds. The quantitative estimate of drug-likeness (QED) is 0.135. The zero-order chi connectivity index (χ0) is 26.0. The highest BCUT2D eigenvalue weighted by atomic mass is 16.4. The van der Waals surface area contributed by atoms with Gasteiger partial charge in [-0.25, -0.2) is 9.78 Å². The number of rotatable bonds is 14. The number of carbonyl (C=O) groups is 5. The highest BCUT2D eigenvalue weighted by Gasteiger charge is 2.34.